The highest BCUT2D eigenvalue weighted by Crippen LogP contribution is 2.41. The van der Waals surface area contributed by atoms with Crippen LogP contribution in [0.2, 0.25) is 5.02 Å². The summed E-state index contributed by atoms with van der Waals surface area (Å²) in [6.45, 7) is 0.224. The second-order valence-electron chi connectivity index (χ2n) is 6.26. The summed E-state index contributed by atoms with van der Waals surface area (Å²) in [7, 11) is 0. The number of hydrogen-bond donors (Lipinski definition) is 1. The molecular formula is C19H14ClN3O3. The van der Waals surface area contributed by atoms with E-state index in [1.807, 2.05) is 36.4 Å². The summed E-state index contributed by atoms with van der Waals surface area (Å²) < 4.78 is 12.6. The van der Waals surface area contributed by atoms with Crippen LogP contribution in [0.4, 0.5) is 5.82 Å². The van der Waals surface area contributed by atoms with Crippen molar-refractivity contribution in [2.45, 2.75) is 12.3 Å². The predicted molar refractivity (Wildman–Crippen MR) is 96.2 cm³/mol. The van der Waals surface area contributed by atoms with Gasteiger partial charge in [-0.05, 0) is 35.9 Å². The van der Waals surface area contributed by atoms with Crippen LogP contribution in [0, 0.1) is 0 Å². The lowest BCUT2D eigenvalue weighted by molar-refractivity contribution is -0.116. The van der Waals surface area contributed by atoms with Crippen molar-refractivity contribution in [2.75, 3.05) is 12.1 Å². The van der Waals surface area contributed by atoms with Gasteiger partial charge < -0.3 is 14.8 Å². The third-order valence-electron chi connectivity index (χ3n) is 4.67. The maximum absolute atomic E-state index is 12.4. The molecule has 130 valence electrons. The number of amides is 1. The van der Waals surface area contributed by atoms with Gasteiger partial charge in [0, 0.05) is 22.9 Å². The van der Waals surface area contributed by atoms with Gasteiger partial charge in [-0.3, -0.25) is 4.79 Å². The van der Waals surface area contributed by atoms with E-state index in [-0.39, 0.29) is 18.6 Å². The van der Waals surface area contributed by atoms with E-state index in [0.29, 0.717) is 23.0 Å². The average molecular weight is 368 g/mol. The lowest BCUT2D eigenvalue weighted by Crippen LogP contribution is -2.24. The Hall–Kier alpha value is -2.99. The minimum absolute atomic E-state index is 0.0519. The number of halogens is 1. The maximum atomic E-state index is 12.4. The van der Waals surface area contributed by atoms with Gasteiger partial charge in [0.1, 0.15) is 5.82 Å². The SMILES string of the molecule is O=C1C[C@H](c2ccc3c(c2)OCO3)c2cnn(-c3cccc(Cl)c3)c2N1. The highest BCUT2D eigenvalue weighted by molar-refractivity contribution is 6.30. The molecule has 3 aromatic rings. The molecule has 7 heteroatoms. The number of nitrogens with zero attached hydrogens (tertiary/aromatic N) is 2. The molecule has 0 bridgehead atoms. The fourth-order valence-electron chi connectivity index (χ4n) is 3.45. The molecule has 1 amide bonds. The van der Waals surface area contributed by atoms with E-state index in [2.05, 4.69) is 10.4 Å². The van der Waals surface area contributed by atoms with Gasteiger partial charge >= 0.3 is 0 Å². The average Bonchev–Trinajstić information content (AvgIpc) is 3.27. The summed E-state index contributed by atoms with van der Waals surface area (Å²) in [5, 5.41) is 8.03. The minimum atomic E-state index is -0.0961. The van der Waals surface area contributed by atoms with Gasteiger partial charge in [0.25, 0.3) is 0 Å². The van der Waals surface area contributed by atoms with Crippen molar-refractivity contribution in [3.05, 3.63) is 64.8 Å². The molecule has 0 saturated heterocycles. The molecule has 26 heavy (non-hydrogen) atoms. The lowest BCUT2D eigenvalue weighted by Gasteiger charge is -2.24. The summed E-state index contributed by atoms with van der Waals surface area (Å²) in [5.74, 6) is 1.96. The van der Waals surface area contributed by atoms with Gasteiger partial charge in [-0.25, -0.2) is 4.68 Å². The van der Waals surface area contributed by atoms with Gasteiger partial charge in [-0.15, -0.1) is 0 Å². The normalized spacial score (nSPS) is 17.7. The minimum Gasteiger partial charge on any atom is -0.454 e. The second-order valence-corrected chi connectivity index (χ2v) is 6.69. The molecule has 0 radical (unpaired) electrons. The summed E-state index contributed by atoms with van der Waals surface area (Å²) in [4.78, 5) is 12.4. The third-order valence-corrected chi connectivity index (χ3v) is 4.91. The number of nitrogens with one attached hydrogen (secondary N) is 1. The number of benzene rings is 2. The van der Waals surface area contributed by atoms with Gasteiger partial charge in [0.15, 0.2) is 11.5 Å². The van der Waals surface area contributed by atoms with Gasteiger partial charge in [0.05, 0.1) is 11.9 Å². The lowest BCUT2D eigenvalue weighted by atomic mass is 9.87. The molecule has 6 nitrogen and oxygen atoms in total. The highest BCUT2D eigenvalue weighted by atomic mass is 35.5. The second kappa shape index (κ2) is 5.78. The predicted octanol–water partition coefficient (Wildman–Crippen LogP) is 3.73. The molecule has 2 aliphatic heterocycles. The number of hydrogen-bond acceptors (Lipinski definition) is 4. The first kappa shape index (κ1) is 15.3. The van der Waals surface area contributed by atoms with Crippen LogP contribution in [0.25, 0.3) is 5.69 Å². The van der Waals surface area contributed by atoms with Crippen LogP contribution in [0.1, 0.15) is 23.5 Å². The van der Waals surface area contributed by atoms with Crippen molar-refractivity contribution in [2.24, 2.45) is 0 Å². The van der Waals surface area contributed by atoms with Crippen LogP contribution in [0.5, 0.6) is 11.5 Å². The molecule has 1 aromatic heterocycles. The zero-order chi connectivity index (χ0) is 17.7. The number of rotatable bonds is 2. The Morgan fingerprint density at radius 3 is 2.92 bits per heavy atom. The molecule has 2 aromatic carbocycles. The fraction of sp³-hybridized carbons (Fsp3) is 0.158. The summed E-state index contributed by atoms with van der Waals surface area (Å²) in [5.41, 5.74) is 2.75. The first-order chi connectivity index (χ1) is 12.7. The topological polar surface area (TPSA) is 65.4 Å². The van der Waals surface area contributed by atoms with E-state index in [4.69, 9.17) is 21.1 Å². The number of ether oxygens (including phenoxy) is 2. The van der Waals surface area contributed by atoms with Crippen LogP contribution in [0.15, 0.2) is 48.7 Å². The Balaban J connectivity index is 1.60. The molecule has 0 fully saturated rings. The van der Waals surface area contributed by atoms with Crippen molar-refractivity contribution in [1.82, 2.24) is 9.78 Å². The molecule has 3 heterocycles. The van der Waals surface area contributed by atoms with E-state index in [1.54, 1.807) is 16.9 Å². The van der Waals surface area contributed by atoms with E-state index < -0.39 is 0 Å². The Morgan fingerprint density at radius 2 is 2.04 bits per heavy atom. The van der Waals surface area contributed by atoms with Crippen molar-refractivity contribution in [1.29, 1.82) is 0 Å². The monoisotopic (exact) mass is 367 g/mol. The number of fused-ring (bicyclic) bond motifs is 2. The molecule has 0 spiro atoms. The number of carbonyl (C=O) groups excluding carboxylic acids is 1. The number of carbonyl (C=O) groups is 1. The highest BCUT2D eigenvalue weighted by Gasteiger charge is 2.31. The van der Waals surface area contributed by atoms with Crippen LogP contribution in [0.3, 0.4) is 0 Å². The van der Waals surface area contributed by atoms with Gasteiger partial charge in [-0.2, -0.15) is 5.10 Å². The van der Waals surface area contributed by atoms with Crippen molar-refractivity contribution >= 4 is 23.3 Å². The van der Waals surface area contributed by atoms with E-state index in [1.165, 1.54) is 0 Å². The Kier molecular flexibility index (Phi) is 3.39. The van der Waals surface area contributed by atoms with Gasteiger partial charge in [0.2, 0.25) is 12.7 Å². The molecular weight excluding hydrogens is 354 g/mol. The molecule has 0 saturated carbocycles. The van der Waals surface area contributed by atoms with Crippen LogP contribution in [-0.2, 0) is 4.79 Å². The first-order valence-corrected chi connectivity index (χ1v) is 8.60. The fourth-order valence-corrected chi connectivity index (χ4v) is 3.64. The third kappa shape index (κ3) is 2.42. The summed E-state index contributed by atoms with van der Waals surface area (Å²) in [6, 6.07) is 13.1. The first-order valence-electron chi connectivity index (χ1n) is 8.22. The quantitative estimate of drug-likeness (QED) is 0.749. The summed E-state index contributed by atoms with van der Waals surface area (Å²) in [6.07, 6.45) is 2.15. The van der Waals surface area contributed by atoms with Crippen LogP contribution >= 0.6 is 11.6 Å². The number of anilines is 1. The molecule has 0 unspecified atom stereocenters. The van der Waals surface area contributed by atoms with Gasteiger partial charge in [-0.1, -0.05) is 23.7 Å². The smallest absolute Gasteiger partial charge is 0.231 e. The van der Waals surface area contributed by atoms with Crippen LogP contribution < -0.4 is 14.8 Å². The van der Waals surface area contributed by atoms with Crippen LogP contribution in [-0.4, -0.2) is 22.5 Å². The van der Waals surface area contributed by atoms with Crippen molar-refractivity contribution in [3.8, 4) is 17.2 Å². The zero-order valence-electron chi connectivity index (χ0n) is 13.6. The molecule has 0 aliphatic carbocycles. The zero-order valence-corrected chi connectivity index (χ0v) is 14.4. The Labute approximate surface area is 154 Å². The molecule has 1 atom stereocenters. The van der Waals surface area contributed by atoms with Crippen molar-refractivity contribution < 1.29 is 14.3 Å². The Bertz CT molecular complexity index is 1030. The standard InChI is InChI=1S/C19H14ClN3O3/c20-12-2-1-3-13(7-12)23-19-15(9-21-23)14(8-18(24)22-19)11-4-5-16-17(6-11)26-10-25-16/h1-7,9,14H,8,10H2,(H,22,24)/t14-/m1/s1. The van der Waals surface area contributed by atoms with E-state index >= 15 is 0 Å². The number of aromatic nitrogens is 2. The van der Waals surface area contributed by atoms with E-state index in [9.17, 15) is 4.79 Å². The maximum Gasteiger partial charge on any atom is 0.231 e. The van der Waals surface area contributed by atoms with Crippen molar-refractivity contribution in [3.63, 3.8) is 0 Å². The molecule has 2 aliphatic rings. The molecule has 1 N–H and O–H groups in total. The molecule has 5 rings (SSSR count). The van der Waals surface area contributed by atoms with E-state index in [0.717, 1.165) is 22.6 Å². The largest absolute Gasteiger partial charge is 0.454 e. The Morgan fingerprint density at radius 1 is 1.15 bits per heavy atom. The summed E-state index contributed by atoms with van der Waals surface area (Å²) >= 11 is 6.10.